The van der Waals surface area contributed by atoms with Crippen LogP contribution < -0.4 is 12.4 Å². The summed E-state index contributed by atoms with van der Waals surface area (Å²) in [4.78, 5) is 0. The minimum absolute atomic E-state index is 0. The smallest absolute Gasteiger partial charge is 0.152 e. The van der Waals surface area contributed by atoms with Crippen molar-refractivity contribution in [2.24, 2.45) is 0 Å². The van der Waals surface area contributed by atoms with Gasteiger partial charge in [-0.15, -0.1) is 0 Å². The molecule has 0 radical (unpaired) electrons. The van der Waals surface area contributed by atoms with Gasteiger partial charge in [0.2, 0.25) is 0 Å². The fraction of sp³-hybridized carbons (Fsp3) is 0.100. The molecule has 118 valence electrons. The van der Waals surface area contributed by atoms with Crippen LogP contribution in [0, 0.1) is 0 Å². The molecule has 1 unspecified atom stereocenters. The first-order chi connectivity index (χ1) is 10.9. The molecule has 0 amide bonds. The summed E-state index contributed by atoms with van der Waals surface area (Å²) in [5.74, 6) is 0. The first-order valence-corrected chi connectivity index (χ1v) is 8.47. The van der Waals surface area contributed by atoms with Crippen LogP contribution in [0.5, 0.6) is 0 Å². The van der Waals surface area contributed by atoms with Crippen molar-refractivity contribution in [3.05, 3.63) is 108 Å². The van der Waals surface area contributed by atoms with Gasteiger partial charge in [0.15, 0.2) is 6.35 Å². The molecule has 1 atom stereocenters. The largest absolute Gasteiger partial charge is 1.00 e. The Labute approximate surface area is 146 Å². The first kappa shape index (κ1) is 17.7. The van der Waals surface area contributed by atoms with E-state index in [-0.39, 0.29) is 12.4 Å². The predicted molar refractivity (Wildman–Crippen MR) is 96.3 cm³/mol. The van der Waals surface area contributed by atoms with Crippen LogP contribution >= 0.6 is 9.24 Å². The van der Waals surface area contributed by atoms with E-state index < -0.39 is 5.60 Å². The predicted octanol–water partition coefficient (Wildman–Crippen LogP) is 1.56. The molecule has 0 saturated heterocycles. The summed E-state index contributed by atoms with van der Waals surface area (Å²) in [7, 11) is 1.84. The maximum absolute atomic E-state index is 6.40. The molecule has 0 aliphatic rings. The Morgan fingerprint density at radius 3 is 1.17 bits per heavy atom. The van der Waals surface area contributed by atoms with Gasteiger partial charge in [0, 0.05) is 9.24 Å². The third-order valence-corrected chi connectivity index (χ3v) is 4.06. The van der Waals surface area contributed by atoms with E-state index in [0.29, 0.717) is 6.35 Å². The lowest BCUT2D eigenvalue weighted by molar-refractivity contribution is -0.00000617. The van der Waals surface area contributed by atoms with Crippen molar-refractivity contribution < 1.29 is 17.1 Å². The van der Waals surface area contributed by atoms with Crippen molar-refractivity contribution in [1.29, 1.82) is 0 Å². The van der Waals surface area contributed by atoms with Gasteiger partial charge in [0.1, 0.15) is 5.60 Å². The Bertz CT molecular complexity index is 605. The van der Waals surface area contributed by atoms with Crippen LogP contribution in [0.1, 0.15) is 16.7 Å². The topological polar surface area (TPSA) is 9.23 Å². The Hall–Kier alpha value is -1.66. The Morgan fingerprint density at radius 1 is 0.609 bits per heavy atom. The lowest BCUT2D eigenvalue weighted by Gasteiger charge is -2.34. The molecule has 23 heavy (non-hydrogen) atoms. The SMILES string of the molecule is [Cl-].[PH3+]COC(c1ccccc1)(c1ccccc1)c1ccccc1. The first-order valence-electron chi connectivity index (χ1n) is 7.47. The third kappa shape index (κ3) is 3.48. The molecule has 0 spiro atoms. The zero-order valence-corrected chi connectivity index (χ0v) is 15.0. The number of hydrogen-bond donors (Lipinski definition) is 0. The van der Waals surface area contributed by atoms with Crippen LogP contribution in [0.4, 0.5) is 0 Å². The van der Waals surface area contributed by atoms with Gasteiger partial charge in [-0.05, 0) is 16.7 Å². The van der Waals surface area contributed by atoms with Gasteiger partial charge in [-0.3, -0.25) is 0 Å². The Morgan fingerprint density at radius 2 is 0.913 bits per heavy atom. The molecule has 0 N–H and O–H groups in total. The van der Waals surface area contributed by atoms with Gasteiger partial charge in [0.25, 0.3) is 0 Å². The maximum atomic E-state index is 6.40. The van der Waals surface area contributed by atoms with Crippen LogP contribution in [0.25, 0.3) is 0 Å². The number of halogens is 1. The van der Waals surface area contributed by atoms with Crippen LogP contribution in [0.15, 0.2) is 91.0 Å². The van der Waals surface area contributed by atoms with Crippen LogP contribution in [0.3, 0.4) is 0 Å². The molecule has 0 aliphatic heterocycles. The van der Waals surface area contributed by atoms with Crippen molar-refractivity contribution >= 4 is 9.24 Å². The highest BCUT2D eigenvalue weighted by atomic mass is 35.5. The molecule has 0 saturated carbocycles. The third-order valence-electron chi connectivity index (χ3n) is 3.86. The summed E-state index contributed by atoms with van der Waals surface area (Å²) in [6.07, 6.45) is 0.665. The molecule has 0 bridgehead atoms. The van der Waals surface area contributed by atoms with Crippen molar-refractivity contribution in [1.82, 2.24) is 0 Å². The molecule has 3 aromatic carbocycles. The van der Waals surface area contributed by atoms with Crippen molar-refractivity contribution in [2.75, 3.05) is 6.35 Å². The van der Waals surface area contributed by atoms with Gasteiger partial charge in [-0.2, -0.15) is 0 Å². The molecular formula is C20H20ClOP. The second-order valence-corrected chi connectivity index (χ2v) is 5.54. The summed E-state index contributed by atoms with van der Waals surface area (Å²) in [5, 5.41) is 0. The monoisotopic (exact) mass is 342 g/mol. The van der Waals surface area contributed by atoms with E-state index >= 15 is 0 Å². The zero-order chi connectivity index (χ0) is 15.3. The fourth-order valence-corrected chi connectivity index (χ4v) is 3.23. The van der Waals surface area contributed by atoms with E-state index in [4.69, 9.17) is 4.74 Å². The second-order valence-electron chi connectivity index (χ2n) is 5.13. The van der Waals surface area contributed by atoms with E-state index in [1.54, 1.807) is 0 Å². The lowest BCUT2D eigenvalue weighted by Crippen LogP contribution is -3.00. The van der Waals surface area contributed by atoms with Gasteiger partial charge in [-0.1, -0.05) is 91.0 Å². The lowest BCUT2D eigenvalue weighted by atomic mass is 9.80. The summed E-state index contributed by atoms with van der Waals surface area (Å²) < 4.78 is 6.40. The average Bonchev–Trinajstić information content (AvgIpc) is 2.62. The second kappa shape index (κ2) is 8.26. The summed E-state index contributed by atoms with van der Waals surface area (Å²) in [6, 6.07) is 31.3. The summed E-state index contributed by atoms with van der Waals surface area (Å²) in [6.45, 7) is 0. The van der Waals surface area contributed by atoms with Crippen LogP contribution in [-0.4, -0.2) is 6.35 Å². The van der Waals surface area contributed by atoms with Crippen molar-refractivity contribution in [3.8, 4) is 0 Å². The van der Waals surface area contributed by atoms with Crippen molar-refractivity contribution in [2.45, 2.75) is 5.60 Å². The molecule has 1 nitrogen and oxygen atoms in total. The van der Waals surface area contributed by atoms with E-state index in [2.05, 4.69) is 72.8 Å². The minimum Gasteiger partial charge on any atom is -1.00 e. The number of benzene rings is 3. The summed E-state index contributed by atoms with van der Waals surface area (Å²) >= 11 is 0. The number of rotatable bonds is 5. The Kier molecular flexibility index (Phi) is 6.36. The number of ether oxygens (including phenoxy) is 1. The standard InChI is InChI=1S/C20H19OP.ClH/c22-16-21-20(17-10-4-1-5-11-17,18-12-6-2-7-13-18)19-14-8-3-9-15-19;/h1-15H,16,22H2;1H. The highest BCUT2D eigenvalue weighted by Gasteiger charge is 2.37. The van der Waals surface area contributed by atoms with E-state index in [9.17, 15) is 0 Å². The van der Waals surface area contributed by atoms with E-state index in [1.807, 2.05) is 27.4 Å². The summed E-state index contributed by atoms with van der Waals surface area (Å²) in [5.41, 5.74) is 2.89. The van der Waals surface area contributed by atoms with Crippen LogP contribution in [0.2, 0.25) is 0 Å². The Balaban J connectivity index is 0.00000192. The normalized spacial score (nSPS) is 11.0. The quantitative estimate of drug-likeness (QED) is 0.505. The van der Waals surface area contributed by atoms with E-state index in [1.165, 1.54) is 0 Å². The molecule has 3 aromatic rings. The molecule has 3 heteroatoms. The number of hydrogen-bond acceptors (Lipinski definition) is 1. The van der Waals surface area contributed by atoms with Crippen LogP contribution in [-0.2, 0) is 10.3 Å². The van der Waals surface area contributed by atoms with Gasteiger partial charge in [-0.25, -0.2) is 0 Å². The molecule has 0 fully saturated rings. The highest BCUT2D eigenvalue weighted by Crippen LogP contribution is 2.40. The molecule has 0 heterocycles. The fourth-order valence-electron chi connectivity index (χ4n) is 2.92. The molecule has 3 rings (SSSR count). The minimum atomic E-state index is -0.564. The van der Waals surface area contributed by atoms with Gasteiger partial charge < -0.3 is 17.1 Å². The van der Waals surface area contributed by atoms with Gasteiger partial charge >= 0.3 is 0 Å². The van der Waals surface area contributed by atoms with Gasteiger partial charge in [0.05, 0.1) is 0 Å². The highest BCUT2D eigenvalue weighted by molar-refractivity contribution is 7.16. The molecular weight excluding hydrogens is 323 g/mol. The molecule has 0 aromatic heterocycles. The maximum Gasteiger partial charge on any atom is 0.152 e. The zero-order valence-electron chi connectivity index (χ0n) is 12.9. The van der Waals surface area contributed by atoms with E-state index in [0.717, 1.165) is 16.7 Å². The van der Waals surface area contributed by atoms with Crippen molar-refractivity contribution in [3.63, 3.8) is 0 Å². The molecule has 0 aliphatic carbocycles. The average molecular weight is 343 g/mol.